The summed E-state index contributed by atoms with van der Waals surface area (Å²) in [6, 6.07) is 8.47. The Kier molecular flexibility index (Phi) is 19.1. The number of carbonyl (C=O) groups excluding carboxylic acids is 2. The minimum absolute atomic E-state index is 0.166. The van der Waals surface area contributed by atoms with E-state index in [1.807, 2.05) is 41.5 Å². The summed E-state index contributed by atoms with van der Waals surface area (Å²) in [4.78, 5) is 22.1. The fourth-order valence-electron chi connectivity index (χ4n) is 5.19. The first-order chi connectivity index (χ1) is 24.2. The van der Waals surface area contributed by atoms with Gasteiger partial charge in [0, 0.05) is 12.2 Å². The van der Waals surface area contributed by atoms with Crippen LogP contribution >= 0.6 is 0 Å². The molecule has 51 heavy (non-hydrogen) atoms. The van der Waals surface area contributed by atoms with Gasteiger partial charge in [-0.25, -0.2) is 9.59 Å². The van der Waals surface area contributed by atoms with Gasteiger partial charge < -0.3 is 37.9 Å². The highest BCUT2D eigenvalue weighted by Gasteiger charge is 2.29. The van der Waals surface area contributed by atoms with Gasteiger partial charge in [0.05, 0.1) is 50.8 Å². The van der Waals surface area contributed by atoms with Gasteiger partial charge in [0.25, 0.3) is 0 Å². The number of hydrogen-bond acceptors (Lipinski definition) is 10. The number of carbonyl (C=O) groups is 2. The Bertz CT molecular complexity index is 1350. The summed E-state index contributed by atoms with van der Waals surface area (Å²) in [5.41, 5.74) is 3.75. The average molecular weight is 711 g/mol. The molecule has 10 heteroatoms. The number of hydrogen-bond donors (Lipinski definition) is 0. The predicted octanol–water partition coefficient (Wildman–Crippen LogP) is 7.11. The molecule has 0 spiro atoms. The molecule has 0 amide bonds. The van der Waals surface area contributed by atoms with E-state index in [-0.39, 0.29) is 26.4 Å². The molecule has 282 valence electrons. The normalized spacial score (nSPS) is 15.7. The molecule has 0 N–H and O–H groups in total. The van der Waals surface area contributed by atoms with Crippen LogP contribution in [0.15, 0.2) is 92.1 Å². The highest BCUT2D eigenvalue weighted by molar-refractivity contribution is 5.81. The van der Waals surface area contributed by atoms with E-state index >= 15 is 0 Å². The third kappa shape index (κ3) is 16.5. The average Bonchev–Trinajstić information content (AvgIpc) is 3.10. The van der Waals surface area contributed by atoms with Crippen molar-refractivity contribution in [3.05, 3.63) is 103 Å². The van der Waals surface area contributed by atoms with Gasteiger partial charge in [0.15, 0.2) is 12.6 Å². The lowest BCUT2D eigenvalue weighted by Crippen LogP contribution is -2.33. The van der Waals surface area contributed by atoms with Crippen molar-refractivity contribution < 1.29 is 47.5 Å². The Morgan fingerprint density at radius 2 is 1.22 bits per heavy atom. The minimum atomic E-state index is -0.656. The van der Waals surface area contributed by atoms with Gasteiger partial charge in [0.2, 0.25) is 0 Å². The summed E-state index contributed by atoms with van der Waals surface area (Å²) in [5, 5.41) is 0. The van der Waals surface area contributed by atoms with E-state index < -0.39 is 35.7 Å². The van der Waals surface area contributed by atoms with Crippen LogP contribution in [0.4, 0.5) is 0 Å². The first-order valence-electron chi connectivity index (χ1n) is 17.4. The molecule has 1 aliphatic rings. The second kappa shape index (κ2) is 22.3. The van der Waals surface area contributed by atoms with Crippen LogP contribution in [0.1, 0.15) is 59.1 Å². The summed E-state index contributed by atoms with van der Waals surface area (Å²) >= 11 is 0. The lowest BCUT2D eigenvalue weighted by molar-refractivity contribution is -0.183. The van der Waals surface area contributed by atoms with Gasteiger partial charge in [-0.05, 0) is 88.1 Å². The molecule has 10 nitrogen and oxygen atoms in total. The van der Waals surface area contributed by atoms with E-state index in [9.17, 15) is 9.59 Å². The zero-order valence-electron chi connectivity index (χ0n) is 31.4. The van der Waals surface area contributed by atoms with Crippen LogP contribution in [-0.4, -0.2) is 88.6 Å². The lowest BCUT2D eigenvalue weighted by atomic mass is 9.84. The molecule has 3 atom stereocenters. The number of benzene rings is 1. The summed E-state index contributed by atoms with van der Waals surface area (Å²) in [5.74, 6) is -0.578. The molecule has 0 radical (unpaired) electrons. The maximum Gasteiger partial charge on any atom is 0.330 e. The summed E-state index contributed by atoms with van der Waals surface area (Å²) in [6.45, 7) is 29.3. The highest BCUT2D eigenvalue weighted by atomic mass is 16.7. The lowest BCUT2D eigenvalue weighted by Gasteiger charge is -2.32. The molecule has 1 aromatic carbocycles. The van der Waals surface area contributed by atoms with Crippen molar-refractivity contribution in [3.8, 4) is 0 Å². The molecule has 0 saturated carbocycles. The number of rotatable bonds is 26. The van der Waals surface area contributed by atoms with E-state index in [1.54, 1.807) is 0 Å². The van der Waals surface area contributed by atoms with E-state index in [1.165, 1.54) is 5.56 Å². The summed E-state index contributed by atoms with van der Waals surface area (Å²) in [7, 11) is 0. The van der Waals surface area contributed by atoms with Crippen LogP contribution in [-0.2, 0) is 53.9 Å². The Morgan fingerprint density at radius 1 is 0.745 bits per heavy atom. The molecule has 1 aliphatic carbocycles. The Labute approximate surface area is 304 Å². The molecule has 0 bridgehead atoms. The second-order valence-electron chi connectivity index (χ2n) is 13.0. The maximum absolute atomic E-state index is 11.0. The fraction of sp³-hybridized carbons (Fsp3) is 0.512. The number of esters is 2. The largest absolute Gasteiger partial charge is 0.460 e. The van der Waals surface area contributed by atoms with Crippen LogP contribution < -0.4 is 0 Å². The van der Waals surface area contributed by atoms with Gasteiger partial charge >= 0.3 is 11.9 Å². The fourth-order valence-corrected chi connectivity index (χ4v) is 5.19. The van der Waals surface area contributed by atoms with E-state index in [0.29, 0.717) is 32.3 Å². The van der Waals surface area contributed by atoms with Gasteiger partial charge in [-0.3, -0.25) is 0 Å². The number of allylic oxidation sites excluding steroid dienone is 3. The molecule has 1 aromatic rings. The van der Waals surface area contributed by atoms with E-state index in [0.717, 1.165) is 47.3 Å². The summed E-state index contributed by atoms with van der Waals surface area (Å²) in [6.07, 6.45) is 9.70. The molecule has 0 aromatic heterocycles. The maximum atomic E-state index is 11.0. The van der Waals surface area contributed by atoms with E-state index in [2.05, 4.69) is 68.8 Å². The predicted molar refractivity (Wildman–Crippen MR) is 199 cm³/mol. The van der Waals surface area contributed by atoms with Crippen molar-refractivity contribution in [1.29, 1.82) is 0 Å². The van der Waals surface area contributed by atoms with Crippen molar-refractivity contribution in [2.24, 2.45) is 5.92 Å². The standard InChI is InChI=1S/C41H58O10/c1-11-38(42)48-27-23-44-21-25-46-32(5)50-40(7,8)30(3)36-17-13-34(14-18-36)29-35-15-19-37(20-16-35)31(4)41(9,10)51-33(6)47-26-22-45-24-28-49-39(43)12-2/h11-15,17-20,32-33,35H,1-4,16,21-29H2,5-10H3. The van der Waals surface area contributed by atoms with Crippen LogP contribution in [0.3, 0.4) is 0 Å². The minimum Gasteiger partial charge on any atom is -0.460 e. The molecule has 0 fully saturated rings. The smallest absolute Gasteiger partial charge is 0.330 e. The molecule has 3 unspecified atom stereocenters. The first kappa shape index (κ1) is 43.5. The van der Waals surface area contributed by atoms with Gasteiger partial charge in [-0.2, -0.15) is 0 Å². The Hall–Kier alpha value is -3.64. The van der Waals surface area contributed by atoms with Crippen molar-refractivity contribution in [1.82, 2.24) is 0 Å². The van der Waals surface area contributed by atoms with Crippen LogP contribution in [0.2, 0.25) is 0 Å². The van der Waals surface area contributed by atoms with E-state index in [4.69, 9.17) is 37.9 Å². The van der Waals surface area contributed by atoms with Crippen LogP contribution in [0, 0.1) is 5.92 Å². The Morgan fingerprint density at radius 3 is 1.67 bits per heavy atom. The zero-order valence-corrected chi connectivity index (χ0v) is 31.4. The summed E-state index contributed by atoms with van der Waals surface area (Å²) < 4.78 is 44.5. The third-order valence-corrected chi connectivity index (χ3v) is 8.15. The van der Waals surface area contributed by atoms with Crippen LogP contribution in [0.25, 0.3) is 5.57 Å². The molecule has 0 heterocycles. The third-order valence-electron chi connectivity index (χ3n) is 8.15. The first-order valence-corrected chi connectivity index (χ1v) is 17.4. The zero-order chi connectivity index (χ0) is 37.9. The molecule has 0 saturated heterocycles. The Balaban J connectivity index is 1.74. The van der Waals surface area contributed by atoms with Crippen molar-refractivity contribution >= 4 is 17.5 Å². The monoisotopic (exact) mass is 710 g/mol. The van der Waals surface area contributed by atoms with Crippen molar-refractivity contribution in [2.45, 2.75) is 78.2 Å². The topological polar surface area (TPSA) is 108 Å². The molecule has 2 rings (SSSR count). The second-order valence-corrected chi connectivity index (χ2v) is 13.0. The quantitative estimate of drug-likeness (QED) is 0.0427. The van der Waals surface area contributed by atoms with Gasteiger partial charge in [0.1, 0.15) is 13.2 Å². The molecular formula is C41H58O10. The molecule has 0 aliphatic heterocycles. The van der Waals surface area contributed by atoms with Crippen molar-refractivity contribution in [3.63, 3.8) is 0 Å². The highest BCUT2D eigenvalue weighted by Crippen LogP contribution is 2.33. The van der Waals surface area contributed by atoms with Gasteiger partial charge in [-0.15, -0.1) is 0 Å². The van der Waals surface area contributed by atoms with Crippen LogP contribution in [0.5, 0.6) is 0 Å². The van der Waals surface area contributed by atoms with Crippen molar-refractivity contribution in [2.75, 3.05) is 52.9 Å². The molecular weight excluding hydrogens is 652 g/mol. The van der Waals surface area contributed by atoms with Gasteiger partial charge in [-0.1, -0.05) is 68.8 Å². The SMILES string of the molecule is C=CC(=O)OCCOCCOC(C)OC(C)(C)C(=C)C1=CCC(Cc2ccc(C(=C)C(C)(C)OC(C)OCCOCCOC(=O)C=C)cc2)C=C1. The number of ether oxygens (including phenoxy) is 8.